The molecule has 0 saturated heterocycles. The van der Waals surface area contributed by atoms with E-state index in [2.05, 4.69) is 9.97 Å². The molecule has 0 amide bonds. The molecule has 0 radical (unpaired) electrons. The van der Waals surface area contributed by atoms with Crippen molar-refractivity contribution < 1.29 is 9.90 Å². The highest BCUT2D eigenvalue weighted by atomic mass is 16.4. The number of aliphatic carboxylic acids is 1. The molecule has 0 saturated carbocycles. The molecular formula is C11H17N3O2. The van der Waals surface area contributed by atoms with Crippen molar-refractivity contribution in [3.05, 3.63) is 18.1 Å². The van der Waals surface area contributed by atoms with Crippen LogP contribution in [0.1, 0.15) is 26.0 Å². The molecule has 5 heteroatoms. The first-order valence-corrected chi connectivity index (χ1v) is 5.45. The molecule has 1 aromatic heterocycles. The molecule has 0 unspecified atom stereocenters. The number of hydrogen-bond acceptors (Lipinski definition) is 4. The van der Waals surface area contributed by atoms with E-state index in [1.165, 1.54) is 6.33 Å². The van der Waals surface area contributed by atoms with E-state index in [0.717, 1.165) is 18.5 Å². The third kappa shape index (κ3) is 3.49. The van der Waals surface area contributed by atoms with Crippen LogP contribution in [0.2, 0.25) is 0 Å². The molecule has 1 heterocycles. The number of nitrogens with zero attached hydrogens (tertiary/aromatic N) is 3. The second kappa shape index (κ2) is 6.05. The summed E-state index contributed by atoms with van der Waals surface area (Å²) in [6, 6.07) is 1.85. The lowest BCUT2D eigenvalue weighted by Crippen LogP contribution is -2.31. The van der Waals surface area contributed by atoms with Crippen molar-refractivity contribution in [2.45, 2.75) is 26.7 Å². The molecule has 1 aromatic rings. The molecule has 0 aliphatic rings. The third-order valence-electron chi connectivity index (χ3n) is 2.22. The molecule has 1 N–H and O–H groups in total. The molecule has 0 bridgehead atoms. The summed E-state index contributed by atoms with van der Waals surface area (Å²) in [7, 11) is 0. The summed E-state index contributed by atoms with van der Waals surface area (Å²) in [6.45, 7) is 4.69. The normalized spacial score (nSPS) is 10.1. The van der Waals surface area contributed by atoms with Crippen LogP contribution in [0.4, 0.5) is 5.82 Å². The largest absolute Gasteiger partial charge is 0.480 e. The molecule has 0 fully saturated rings. The number of carboxylic acids is 1. The summed E-state index contributed by atoms with van der Waals surface area (Å²) in [4.78, 5) is 20.7. The van der Waals surface area contributed by atoms with Crippen LogP contribution in [-0.2, 0) is 11.2 Å². The predicted octanol–water partition coefficient (Wildman–Crippen LogP) is 1.34. The van der Waals surface area contributed by atoms with Gasteiger partial charge in [0.05, 0.1) is 0 Å². The SMILES string of the molecule is CCCN(CC(=O)O)c1cc(CC)ncn1. The summed E-state index contributed by atoms with van der Waals surface area (Å²) < 4.78 is 0. The van der Waals surface area contributed by atoms with Gasteiger partial charge in [0.25, 0.3) is 0 Å². The average Bonchev–Trinajstić information content (AvgIpc) is 2.28. The van der Waals surface area contributed by atoms with Crippen LogP contribution in [0.15, 0.2) is 12.4 Å². The van der Waals surface area contributed by atoms with E-state index in [1.54, 1.807) is 4.90 Å². The van der Waals surface area contributed by atoms with Crippen molar-refractivity contribution in [1.29, 1.82) is 0 Å². The molecule has 0 spiro atoms. The van der Waals surface area contributed by atoms with E-state index in [4.69, 9.17) is 5.11 Å². The van der Waals surface area contributed by atoms with E-state index in [1.807, 2.05) is 19.9 Å². The molecule has 0 aliphatic heterocycles. The number of carboxylic acid groups (broad SMARTS) is 1. The van der Waals surface area contributed by atoms with Crippen LogP contribution >= 0.6 is 0 Å². The zero-order valence-electron chi connectivity index (χ0n) is 9.68. The monoisotopic (exact) mass is 223 g/mol. The summed E-state index contributed by atoms with van der Waals surface area (Å²) in [5.74, 6) is -0.152. The first kappa shape index (κ1) is 12.4. The van der Waals surface area contributed by atoms with Gasteiger partial charge in [0, 0.05) is 18.3 Å². The van der Waals surface area contributed by atoms with Crippen LogP contribution < -0.4 is 4.90 Å². The van der Waals surface area contributed by atoms with Crippen molar-refractivity contribution in [1.82, 2.24) is 9.97 Å². The van der Waals surface area contributed by atoms with Crippen molar-refractivity contribution in [3.8, 4) is 0 Å². The number of anilines is 1. The van der Waals surface area contributed by atoms with Crippen LogP contribution in [0.25, 0.3) is 0 Å². The molecule has 5 nitrogen and oxygen atoms in total. The Kier molecular flexibility index (Phi) is 4.69. The van der Waals surface area contributed by atoms with Crippen LogP contribution in [0.3, 0.4) is 0 Å². The van der Waals surface area contributed by atoms with E-state index in [-0.39, 0.29) is 6.54 Å². The lowest BCUT2D eigenvalue weighted by molar-refractivity contribution is -0.135. The summed E-state index contributed by atoms with van der Waals surface area (Å²) in [5.41, 5.74) is 0.927. The maximum Gasteiger partial charge on any atom is 0.323 e. The molecule has 0 aromatic carbocycles. The van der Waals surface area contributed by atoms with E-state index < -0.39 is 5.97 Å². The zero-order chi connectivity index (χ0) is 12.0. The average molecular weight is 223 g/mol. The Hall–Kier alpha value is -1.65. The van der Waals surface area contributed by atoms with Gasteiger partial charge in [-0.1, -0.05) is 13.8 Å². The maximum absolute atomic E-state index is 10.7. The highest BCUT2D eigenvalue weighted by Gasteiger charge is 2.11. The van der Waals surface area contributed by atoms with Gasteiger partial charge < -0.3 is 10.0 Å². The van der Waals surface area contributed by atoms with Crippen molar-refractivity contribution in [2.75, 3.05) is 18.0 Å². The number of carbonyl (C=O) groups is 1. The minimum absolute atomic E-state index is 0.0198. The van der Waals surface area contributed by atoms with E-state index in [9.17, 15) is 4.79 Å². The minimum Gasteiger partial charge on any atom is -0.480 e. The Bertz CT molecular complexity index is 355. The quantitative estimate of drug-likeness (QED) is 0.788. The van der Waals surface area contributed by atoms with Gasteiger partial charge in [0.2, 0.25) is 0 Å². The Morgan fingerprint density at radius 2 is 2.19 bits per heavy atom. The lowest BCUT2D eigenvalue weighted by atomic mass is 10.3. The highest BCUT2D eigenvalue weighted by Crippen LogP contribution is 2.11. The number of hydrogen-bond donors (Lipinski definition) is 1. The maximum atomic E-state index is 10.7. The molecule has 0 aliphatic carbocycles. The predicted molar refractivity (Wildman–Crippen MR) is 61.5 cm³/mol. The second-order valence-corrected chi connectivity index (χ2v) is 3.54. The summed E-state index contributed by atoms with van der Waals surface area (Å²) >= 11 is 0. The summed E-state index contributed by atoms with van der Waals surface area (Å²) in [5, 5.41) is 8.81. The highest BCUT2D eigenvalue weighted by molar-refractivity contribution is 5.73. The van der Waals surface area contributed by atoms with Gasteiger partial charge in [-0.25, -0.2) is 9.97 Å². The zero-order valence-corrected chi connectivity index (χ0v) is 9.68. The van der Waals surface area contributed by atoms with Crippen molar-refractivity contribution in [2.24, 2.45) is 0 Å². The second-order valence-electron chi connectivity index (χ2n) is 3.54. The van der Waals surface area contributed by atoms with Gasteiger partial charge in [-0.15, -0.1) is 0 Å². The van der Waals surface area contributed by atoms with E-state index in [0.29, 0.717) is 12.4 Å². The fourth-order valence-corrected chi connectivity index (χ4v) is 1.46. The van der Waals surface area contributed by atoms with Crippen LogP contribution in [-0.4, -0.2) is 34.1 Å². The fourth-order valence-electron chi connectivity index (χ4n) is 1.46. The van der Waals surface area contributed by atoms with Crippen LogP contribution in [0, 0.1) is 0 Å². The first-order chi connectivity index (χ1) is 7.67. The standard InChI is InChI=1S/C11H17N3O2/c1-3-5-14(7-11(15)16)10-6-9(4-2)12-8-13-10/h6,8H,3-5,7H2,1-2H3,(H,15,16). The van der Waals surface area contributed by atoms with Gasteiger partial charge in [0.15, 0.2) is 0 Å². The first-order valence-electron chi connectivity index (χ1n) is 5.45. The summed E-state index contributed by atoms with van der Waals surface area (Å²) in [6.07, 6.45) is 3.19. The molecule has 0 atom stereocenters. The number of aryl methyl sites for hydroxylation is 1. The van der Waals surface area contributed by atoms with Gasteiger partial charge >= 0.3 is 5.97 Å². The Morgan fingerprint density at radius 3 is 2.75 bits per heavy atom. The molecule has 16 heavy (non-hydrogen) atoms. The molecular weight excluding hydrogens is 206 g/mol. The van der Waals surface area contributed by atoms with Gasteiger partial charge in [-0.3, -0.25) is 4.79 Å². The van der Waals surface area contributed by atoms with Crippen molar-refractivity contribution in [3.63, 3.8) is 0 Å². The van der Waals surface area contributed by atoms with Crippen LogP contribution in [0.5, 0.6) is 0 Å². The fraction of sp³-hybridized carbons (Fsp3) is 0.545. The smallest absolute Gasteiger partial charge is 0.323 e. The number of aromatic nitrogens is 2. The van der Waals surface area contributed by atoms with E-state index >= 15 is 0 Å². The number of rotatable bonds is 6. The topological polar surface area (TPSA) is 66.3 Å². The molecule has 88 valence electrons. The van der Waals surface area contributed by atoms with Gasteiger partial charge in [-0.2, -0.15) is 0 Å². The Balaban J connectivity index is 2.86. The Labute approximate surface area is 95.1 Å². The lowest BCUT2D eigenvalue weighted by Gasteiger charge is -2.20. The van der Waals surface area contributed by atoms with Gasteiger partial charge in [0.1, 0.15) is 18.7 Å². The van der Waals surface area contributed by atoms with Crippen molar-refractivity contribution >= 4 is 11.8 Å². The minimum atomic E-state index is -0.842. The Morgan fingerprint density at radius 1 is 1.44 bits per heavy atom. The van der Waals surface area contributed by atoms with Gasteiger partial charge in [-0.05, 0) is 12.8 Å². The molecule has 1 rings (SSSR count). The third-order valence-corrected chi connectivity index (χ3v) is 2.22.